The maximum atomic E-state index is 12.5. The number of carbonyl (C=O) groups excluding carboxylic acids is 1. The van der Waals surface area contributed by atoms with Gasteiger partial charge in [0.1, 0.15) is 6.54 Å². The Bertz CT molecular complexity index is 811. The molecule has 7 nitrogen and oxygen atoms in total. The first-order valence-electron chi connectivity index (χ1n) is 8.55. The van der Waals surface area contributed by atoms with Crippen molar-refractivity contribution in [3.05, 3.63) is 66.2 Å². The van der Waals surface area contributed by atoms with Crippen molar-refractivity contribution >= 4 is 21.8 Å². The van der Waals surface area contributed by atoms with Gasteiger partial charge in [0.2, 0.25) is 5.91 Å². The fourth-order valence-corrected chi connectivity index (χ4v) is 3.37. The van der Waals surface area contributed by atoms with Gasteiger partial charge in [0.05, 0.1) is 18.9 Å². The normalized spacial score (nSPS) is 11.4. The molecule has 1 N–H and O–H groups in total. The minimum Gasteiger partial charge on any atom is -0.375 e. The maximum absolute atomic E-state index is 12.5. The topological polar surface area (TPSA) is 79.0 Å². The molecule has 0 aliphatic rings. The first kappa shape index (κ1) is 20.9. The molecule has 0 aromatic heterocycles. The van der Waals surface area contributed by atoms with E-state index in [-0.39, 0.29) is 6.54 Å². The quantitative estimate of drug-likeness (QED) is 0.625. The van der Waals surface area contributed by atoms with E-state index in [4.69, 9.17) is 4.74 Å². The summed E-state index contributed by atoms with van der Waals surface area (Å²) >= 11 is 0. The predicted octanol–water partition coefficient (Wildman–Crippen LogP) is 1.63. The molecule has 0 saturated carbocycles. The van der Waals surface area contributed by atoms with E-state index in [0.717, 1.165) is 14.2 Å². The fourth-order valence-electron chi connectivity index (χ4n) is 2.31. The van der Waals surface area contributed by atoms with Crippen molar-refractivity contribution in [1.82, 2.24) is 9.62 Å². The third-order valence-corrected chi connectivity index (χ3v) is 5.57. The Kier molecular flexibility index (Phi) is 7.78. The summed E-state index contributed by atoms with van der Waals surface area (Å²) in [5, 5.41) is 2.69. The molecule has 0 radical (unpaired) electrons. The molecule has 2 rings (SSSR count). The average molecular weight is 391 g/mol. The summed E-state index contributed by atoms with van der Waals surface area (Å²) in [7, 11) is -0.922. The summed E-state index contributed by atoms with van der Waals surface area (Å²) in [6.45, 7) is 0.799. The van der Waals surface area contributed by atoms with Gasteiger partial charge in [0, 0.05) is 20.6 Å². The molecule has 27 heavy (non-hydrogen) atoms. The molecular formula is C19H25N3O4S. The molecule has 8 heteroatoms. The standard InChI is InChI=1S/C19H25N3O4S/c1-21(2)27(24,25)22(18-11-7-4-8-12-18)15-19(23)20-13-14-26-16-17-9-5-3-6-10-17/h3-12H,13-16H2,1-2H3,(H,20,23). The van der Waals surface area contributed by atoms with Crippen molar-refractivity contribution in [2.24, 2.45) is 0 Å². The predicted molar refractivity (Wildman–Crippen MR) is 106 cm³/mol. The minimum absolute atomic E-state index is 0.302. The van der Waals surface area contributed by atoms with E-state index in [1.54, 1.807) is 30.3 Å². The number of amides is 1. The van der Waals surface area contributed by atoms with E-state index >= 15 is 0 Å². The largest absolute Gasteiger partial charge is 0.375 e. The van der Waals surface area contributed by atoms with Crippen molar-refractivity contribution in [1.29, 1.82) is 0 Å². The summed E-state index contributed by atoms with van der Waals surface area (Å²) in [6.07, 6.45) is 0. The number of hydrogen-bond acceptors (Lipinski definition) is 4. The first-order chi connectivity index (χ1) is 12.9. The summed E-state index contributed by atoms with van der Waals surface area (Å²) in [6, 6.07) is 18.3. The van der Waals surface area contributed by atoms with Crippen LogP contribution in [0.1, 0.15) is 5.56 Å². The summed E-state index contributed by atoms with van der Waals surface area (Å²) in [4.78, 5) is 12.2. The van der Waals surface area contributed by atoms with Gasteiger partial charge in [-0.2, -0.15) is 12.7 Å². The van der Waals surface area contributed by atoms with Crippen LogP contribution < -0.4 is 9.62 Å². The van der Waals surface area contributed by atoms with Crippen LogP contribution in [0.5, 0.6) is 0 Å². The van der Waals surface area contributed by atoms with E-state index in [1.165, 1.54) is 14.1 Å². The van der Waals surface area contributed by atoms with Crippen LogP contribution in [0, 0.1) is 0 Å². The van der Waals surface area contributed by atoms with Crippen LogP contribution in [0.25, 0.3) is 0 Å². The van der Waals surface area contributed by atoms with Gasteiger partial charge in [0.25, 0.3) is 0 Å². The number of hydrogen-bond donors (Lipinski definition) is 1. The van der Waals surface area contributed by atoms with Gasteiger partial charge in [-0.15, -0.1) is 0 Å². The summed E-state index contributed by atoms with van der Waals surface area (Å²) in [5.74, 6) is -0.396. The molecule has 0 unspecified atom stereocenters. The third kappa shape index (κ3) is 6.35. The highest BCUT2D eigenvalue weighted by atomic mass is 32.2. The summed E-state index contributed by atoms with van der Waals surface area (Å²) in [5.41, 5.74) is 1.48. The minimum atomic E-state index is -3.78. The van der Waals surface area contributed by atoms with Crippen molar-refractivity contribution < 1.29 is 17.9 Å². The van der Waals surface area contributed by atoms with Crippen molar-refractivity contribution in [2.45, 2.75) is 6.61 Å². The van der Waals surface area contributed by atoms with Gasteiger partial charge in [-0.25, -0.2) is 4.31 Å². The van der Waals surface area contributed by atoms with E-state index in [9.17, 15) is 13.2 Å². The molecule has 0 fully saturated rings. The molecule has 1 amide bonds. The molecule has 0 atom stereocenters. The van der Waals surface area contributed by atoms with Gasteiger partial charge in [-0.3, -0.25) is 4.79 Å². The van der Waals surface area contributed by atoms with Gasteiger partial charge in [-0.05, 0) is 17.7 Å². The van der Waals surface area contributed by atoms with Crippen molar-refractivity contribution in [3.8, 4) is 0 Å². The molecule has 0 aliphatic heterocycles. The monoisotopic (exact) mass is 391 g/mol. The highest BCUT2D eigenvalue weighted by Crippen LogP contribution is 2.18. The van der Waals surface area contributed by atoms with E-state index in [0.29, 0.717) is 25.4 Å². The van der Waals surface area contributed by atoms with Crippen LogP contribution in [0.15, 0.2) is 60.7 Å². The van der Waals surface area contributed by atoms with Crippen molar-refractivity contribution in [2.75, 3.05) is 38.1 Å². The summed E-state index contributed by atoms with van der Waals surface area (Å²) < 4.78 is 32.8. The molecular weight excluding hydrogens is 366 g/mol. The highest BCUT2D eigenvalue weighted by molar-refractivity contribution is 7.90. The number of nitrogens with zero attached hydrogens (tertiary/aromatic N) is 2. The lowest BCUT2D eigenvalue weighted by atomic mass is 10.2. The smallest absolute Gasteiger partial charge is 0.304 e. The SMILES string of the molecule is CN(C)S(=O)(=O)N(CC(=O)NCCOCc1ccccc1)c1ccccc1. The number of para-hydroxylation sites is 1. The molecule has 2 aromatic carbocycles. The van der Waals surface area contributed by atoms with Gasteiger partial charge in [-0.1, -0.05) is 48.5 Å². The molecule has 0 aliphatic carbocycles. The Morgan fingerprint density at radius 2 is 1.59 bits per heavy atom. The van der Waals surface area contributed by atoms with Gasteiger partial charge in [0.15, 0.2) is 0 Å². The molecule has 0 heterocycles. The highest BCUT2D eigenvalue weighted by Gasteiger charge is 2.26. The Morgan fingerprint density at radius 3 is 2.19 bits per heavy atom. The molecule has 146 valence electrons. The Hall–Kier alpha value is -2.42. The number of rotatable bonds is 10. The number of ether oxygens (including phenoxy) is 1. The second-order valence-electron chi connectivity index (χ2n) is 6.02. The van der Waals surface area contributed by atoms with Crippen LogP contribution in [-0.4, -0.2) is 52.4 Å². The van der Waals surface area contributed by atoms with E-state index < -0.39 is 16.1 Å². The van der Waals surface area contributed by atoms with Gasteiger partial charge >= 0.3 is 10.2 Å². The zero-order valence-electron chi connectivity index (χ0n) is 15.5. The maximum Gasteiger partial charge on any atom is 0.304 e. The Morgan fingerprint density at radius 1 is 1.00 bits per heavy atom. The number of anilines is 1. The molecule has 0 bridgehead atoms. The van der Waals surface area contributed by atoms with Crippen LogP contribution in [0.2, 0.25) is 0 Å². The zero-order valence-corrected chi connectivity index (χ0v) is 16.4. The average Bonchev–Trinajstić information content (AvgIpc) is 2.67. The Balaban J connectivity index is 1.87. The second-order valence-corrected chi connectivity index (χ2v) is 8.09. The molecule has 0 spiro atoms. The zero-order chi connectivity index (χ0) is 19.7. The third-order valence-electron chi connectivity index (χ3n) is 3.75. The van der Waals surface area contributed by atoms with Gasteiger partial charge < -0.3 is 10.1 Å². The number of benzene rings is 2. The fraction of sp³-hybridized carbons (Fsp3) is 0.316. The lowest BCUT2D eigenvalue weighted by Crippen LogP contribution is -2.46. The van der Waals surface area contributed by atoms with Crippen LogP contribution in [0.3, 0.4) is 0 Å². The lowest BCUT2D eigenvalue weighted by molar-refractivity contribution is -0.119. The molecule has 2 aromatic rings. The number of carbonyl (C=O) groups is 1. The first-order valence-corrected chi connectivity index (χ1v) is 9.94. The van der Waals surface area contributed by atoms with Crippen LogP contribution in [-0.2, 0) is 26.3 Å². The lowest BCUT2D eigenvalue weighted by Gasteiger charge is -2.26. The van der Waals surface area contributed by atoms with Crippen LogP contribution in [0.4, 0.5) is 5.69 Å². The molecule has 0 saturated heterocycles. The van der Waals surface area contributed by atoms with E-state index in [2.05, 4.69) is 5.32 Å². The van der Waals surface area contributed by atoms with E-state index in [1.807, 2.05) is 30.3 Å². The number of nitrogens with one attached hydrogen (secondary N) is 1. The second kappa shape index (κ2) is 10.1. The Labute approximate surface area is 160 Å². The van der Waals surface area contributed by atoms with Crippen LogP contribution >= 0.6 is 0 Å². The van der Waals surface area contributed by atoms with Crippen molar-refractivity contribution in [3.63, 3.8) is 0 Å².